The zero-order valence-electron chi connectivity index (χ0n) is 6.95. The molecule has 0 aromatic rings. The van der Waals surface area contributed by atoms with Crippen molar-refractivity contribution in [2.75, 3.05) is 25.1 Å². The van der Waals surface area contributed by atoms with Gasteiger partial charge in [0.2, 0.25) is 0 Å². The molecule has 1 N–H and O–H groups in total. The van der Waals surface area contributed by atoms with E-state index in [9.17, 15) is 4.89 Å². The Bertz CT molecular complexity index is 141. The van der Waals surface area contributed by atoms with E-state index in [1.54, 1.807) is 0 Å². The lowest BCUT2D eigenvalue weighted by Gasteiger charge is -2.10. The third-order valence-electron chi connectivity index (χ3n) is 1.12. The molecule has 1 unspecified atom stereocenters. The summed E-state index contributed by atoms with van der Waals surface area (Å²) in [7, 11) is 0. The summed E-state index contributed by atoms with van der Waals surface area (Å²) in [4.78, 5) is 9.46. The molecule has 0 aromatic carbocycles. The summed E-state index contributed by atoms with van der Waals surface area (Å²) in [6.45, 7) is 5.31. The second-order valence-corrected chi connectivity index (χ2v) is 9.65. The molecule has 0 amide bonds. The van der Waals surface area contributed by atoms with Crippen molar-refractivity contribution in [1.29, 1.82) is 0 Å². The fraction of sp³-hybridized carbons (Fsp3) is 1.00. The van der Waals surface area contributed by atoms with Crippen molar-refractivity contribution >= 4 is 28.7 Å². The Labute approximate surface area is 77.6 Å². The van der Waals surface area contributed by atoms with Crippen LogP contribution in [0, 0.1) is 0 Å². The van der Waals surface area contributed by atoms with Crippen LogP contribution in [0.3, 0.4) is 0 Å². The Morgan fingerprint density at radius 3 is 2.64 bits per heavy atom. The fourth-order valence-electron chi connectivity index (χ4n) is 0.474. The summed E-state index contributed by atoms with van der Waals surface area (Å²) < 4.78 is 5.11. The average molecular weight is 214 g/mol. The molecule has 1 atom stereocenters. The first-order valence-corrected chi connectivity index (χ1v) is 8.19. The van der Waals surface area contributed by atoms with Gasteiger partial charge in [0.1, 0.15) is 5.47 Å². The van der Waals surface area contributed by atoms with Crippen molar-refractivity contribution in [2.45, 2.75) is 13.8 Å². The third-order valence-corrected chi connectivity index (χ3v) is 6.93. The third kappa shape index (κ3) is 7.29. The van der Waals surface area contributed by atoms with E-state index < -0.39 is 5.47 Å². The van der Waals surface area contributed by atoms with Crippen molar-refractivity contribution in [1.82, 2.24) is 0 Å². The van der Waals surface area contributed by atoms with E-state index in [0.29, 0.717) is 12.8 Å². The largest absolute Gasteiger partial charge is 0.381 e. The van der Waals surface area contributed by atoms with Gasteiger partial charge < -0.3 is 9.63 Å². The van der Waals surface area contributed by atoms with Gasteiger partial charge in [0, 0.05) is 18.5 Å². The molecule has 0 bridgehead atoms. The van der Waals surface area contributed by atoms with E-state index in [1.807, 2.05) is 13.8 Å². The first-order chi connectivity index (χ1) is 5.12. The molecule has 11 heavy (non-hydrogen) atoms. The van der Waals surface area contributed by atoms with Gasteiger partial charge in [0.15, 0.2) is 0 Å². The first-order valence-electron chi connectivity index (χ1n) is 3.66. The first kappa shape index (κ1) is 11.9. The topological polar surface area (TPSA) is 29.5 Å². The molecule has 0 fully saturated rings. The van der Waals surface area contributed by atoms with Gasteiger partial charge in [-0.25, -0.2) is 0 Å². The van der Waals surface area contributed by atoms with Crippen LogP contribution >= 0.6 is 16.8 Å². The Morgan fingerprint density at radius 2 is 2.18 bits per heavy atom. The van der Waals surface area contributed by atoms with Crippen LogP contribution < -0.4 is 0 Å². The summed E-state index contributed by atoms with van der Waals surface area (Å²) >= 11 is 6.44. The van der Waals surface area contributed by atoms with Gasteiger partial charge in [-0.15, -0.1) is 0 Å². The molecule has 0 heterocycles. The van der Waals surface area contributed by atoms with E-state index in [1.165, 1.54) is 11.4 Å². The van der Waals surface area contributed by atoms with Gasteiger partial charge in [-0.3, -0.25) is 0 Å². The highest BCUT2D eigenvalue weighted by atomic mass is 32.9. The molecule has 0 radical (unpaired) electrons. The highest BCUT2D eigenvalue weighted by molar-refractivity contribution is 8.69. The van der Waals surface area contributed by atoms with Crippen LogP contribution in [0.15, 0.2) is 0 Å². The molecule has 0 saturated heterocycles. The molecule has 0 aliphatic heterocycles. The van der Waals surface area contributed by atoms with E-state index in [2.05, 4.69) is 0 Å². The van der Waals surface area contributed by atoms with Gasteiger partial charge in [0.05, 0.1) is 6.61 Å². The second-order valence-electron chi connectivity index (χ2n) is 1.98. The minimum absolute atomic E-state index is 0.695. The van der Waals surface area contributed by atoms with Crippen molar-refractivity contribution in [3.63, 3.8) is 0 Å². The van der Waals surface area contributed by atoms with Gasteiger partial charge in [-0.1, -0.05) is 30.1 Å². The molecule has 0 spiro atoms. The lowest BCUT2D eigenvalue weighted by molar-refractivity contribution is 0.164. The van der Waals surface area contributed by atoms with Crippen molar-refractivity contribution < 1.29 is 9.63 Å². The second kappa shape index (κ2) is 6.44. The normalized spacial score (nSPS) is 16.3. The predicted octanol–water partition coefficient (Wildman–Crippen LogP) is 2.08. The van der Waals surface area contributed by atoms with Crippen LogP contribution in [-0.2, 0) is 16.5 Å². The monoisotopic (exact) mass is 214 g/mol. The molecule has 0 aromatic heterocycles. The number of ether oxygens (including phenoxy) is 1. The molecule has 0 aliphatic carbocycles. The summed E-state index contributed by atoms with van der Waals surface area (Å²) in [6.07, 6.45) is 0.707. The van der Waals surface area contributed by atoms with Crippen molar-refractivity contribution in [2.24, 2.45) is 0 Å². The van der Waals surface area contributed by atoms with Crippen LogP contribution in [0.25, 0.3) is 0 Å². The minimum Gasteiger partial charge on any atom is -0.381 e. The van der Waals surface area contributed by atoms with E-state index in [4.69, 9.17) is 16.5 Å². The van der Waals surface area contributed by atoms with Crippen LogP contribution in [0.5, 0.6) is 0 Å². The Morgan fingerprint density at radius 1 is 1.55 bits per heavy atom. The van der Waals surface area contributed by atoms with Crippen LogP contribution in [-0.4, -0.2) is 30.0 Å². The summed E-state index contributed by atoms with van der Waals surface area (Å²) in [5, 5.41) is 0. The lowest BCUT2D eigenvalue weighted by Crippen LogP contribution is -1.95. The Kier molecular flexibility index (Phi) is 6.98. The zero-order chi connectivity index (χ0) is 8.74. The van der Waals surface area contributed by atoms with Crippen molar-refractivity contribution in [3.8, 4) is 0 Å². The SMILES string of the molecule is CCOCCSP(O)(=S)CC. The number of rotatable bonds is 6. The summed E-state index contributed by atoms with van der Waals surface area (Å²) in [5.41, 5.74) is -2.04. The van der Waals surface area contributed by atoms with E-state index in [0.717, 1.165) is 12.4 Å². The zero-order valence-corrected chi connectivity index (χ0v) is 9.48. The van der Waals surface area contributed by atoms with Gasteiger partial charge in [0.25, 0.3) is 0 Å². The predicted molar refractivity (Wildman–Crippen MR) is 56.0 cm³/mol. The molecule has 0 saturated carbocycles. The van der Waals surface area contributed by atoms with Gasteiger partial charge in [-0.05, 0) is 6.92 Å². The van der Waals surface area contributed by atoms with Crippen molar-refractivity contribution in [3.05, 3.63) is 0 Å². The Hall–Kier alpha value is 0.920. The Balaban J connectivity index is 3.31. The highest BCUT2D eigenvalue weighted by Gasteiger charge is 2.08. The quantitative estimate of drug-likeness (QED) is 0.541. The van der Waals surface area contributed by atoms with Gasteiger partial charge >= 0.3 is 0 Å². The highest BCUT2D eigenvalue weighted by Crippen LogP contribution is 2.54. The molecular weight excluding hydrogens is 199 g/mol. The molecule has 68 valence electrons. The lowest BCUT2D eigenvalue weighted by atomic mass is 10.8. The van der Waals surface area contributed by atoms with Gasteiger partial charge in [-0.2, -0.15) is 0 Å². The molecule has 0 rings (SSSR count). The van der Waals surface area contributed by atoms with Crippen LogP contribution in [0.1, 0.15) is 13.8 Å². The van der Waals surface area contributed by atoms with Crippen LogP contribution in [0.4, 0.5) is 0 Å². The number of hydrogen-bond donors (Lipinski definition) is 1. The maximum absolute atomic E-state index is 9.46. The minimum atomic E-state index is -2.04. The maximum Gasteiger partial charge on any atom is 0.116 e. The molecule has 2 nitrogen and oxygen atoms in total. The number of hydrogen-bond acceptors (Lipinski definition) is 3. The summed E-state index contributed by atoms with van der Waals surface area (Å²) in [6, 6.07) is 0. The molecular formula is C6H15O2PS2. The summed E-state index contributed by atoms with van der Waals surface area (Å²) in [5.74, 6) is 0.815. The van der Waals surface area contributed by atoms with Crippen LogP contribution in [0.2, 0.25) is 0 Å². The van der Waals surface area contributed by atoms with E-state index in [-0.39, 0.29) is 0 Å². The average Bonchev–Trinajstić information content (AvgIpc) is 1.99. The smallest absolute Gasteiger partial charge is 0.116 e. The standard InChI is InChI=1S/C6H15O2PS2/c1-3-8-5-6-11-9(7,10)4-2/h3-6H2,1-2H3,(H,7,10). The molecule has 0 aliphatic rings. The molecule has 5 heteroatoms. The fourth-order valence-corrected chi connectivity index (χ4v) is 3.43. The van der Waals surface area contributed by atoms with E-state index >= 15 is 0 Å². The maximum atomic E-state index is 9.46.